The van der Waals surface area contributed by atoms with E-state index in [2.05, 4.69) is 97.3 Å². The minimum Gasteiger partial charge on any atom is -0.309 e. The van der Waals surface area contributed by atoms with Crippen molar-refractivity contribution in [2.24, 2.45) is 0 Å². The van der Waals surface area contributed by atoms with E-state index in [0.717, 1.165) is 29.7 Å². The van der Waals surface area contributed by atoms with Gasteiger partial charge in [0, 0.05) is 21.9 Å². The zero-order chi connectivity index (χ0) is 23.4. The van der Waals surface area contributed by atoms with Gasteiger partial charge in [0.05, 0.1) is 34.3 Å². The minimum atomic E-state index is -0.366. The molecule has 1 aliphatic carbocycles. The largest absolute Gasteiger partial charge is 0.309 e. The lowest BCUT2D eigenvalue weighted by Crippen LogP contribution is -2.23. The van der Waals surface area contributed by atoms with Crippen molar-refractivity contribution in [2.75, 3.05) is 0 Å². The van der Waals surface area contributed by atoms with Gasteiger partial charge in [-0.05, 0) is 71.5 Å². The molecule has 1 heterocycles. The number of nitriles is 2. The summed E-state index contributed by atoms with van der Waals surface area (Å²) in [4.78, 5) is 0. The van der Waals surface area contributed by atoms with E-state index >= 15 is 0 Å². The van der Waals surface area contributed by atoms with Gasteiger partial charge in [0.25, 0.3) is 0 Å². The highest BCUT2D eigenvalue weighted by molar-refractivity contribution is 6.09. The smallest absolute Gasteiger partial charge is 0.0995 e. The Morgan fingerprint density at radius 3 is 2.03 bits per heavy atom. The number of fused-ring (bicyclic) bond motifs is 5. The van der Waals surface area contributed by atoms with Crippen LogP contribution in [0.15, 0.2) is 78.9 Å². The van der Waals surface area contributed by atoms with Crippen LogP contribution in [0.2, 0.25) is 0 Å². The van der Waals surface area contributed by atoms with Crippen LogP contribution >= 0.6 is 0 Å². The van der Waals surface area contributed by atoms with Crippen LogP contribution in [0.1, 0.15) is 47.2 Å². The lowest BCUT2D eigenvalue weighted by Gasteiger charge is -2.30. The zero-order valence-electron chi connectivity index (χ0n) is 19.3. The van der Waals surface area contributed by atoms with Crippen LogP contribution in [0.25, 0.3) is 27.5 Å². The second-order valence-corrected chi connectivity index (χ2v) is 9.62. The van der Waals surface area contributed by atoms with Crippen LogP contribution in [0, 0.1) is 22.7 Å². The minimum absolute atomic E-state index is 0.366. The Labute approximate surface area is 199 Å². The van der Waals surface area contributed by atoms with E-state index in [9.17, 15) is 10.5 Å². The number of hydrogen-bond acceptors (Lipinski definition) is 2. The van der Waals surface area contributed by atoms with E-state index in [4.69, 9.17) is 0 Å². The van der Waals surface area contributed by atoms with Gasteiger partial charge in [-0.3, -0.25) is 0 Å². The number of aryl methyl sites for hydroxylation is 2. The van der Waals surface area contributed by atoms with E-state index in [1.54, 1.807) is 6.07 Å². The summed E-state index contributed by atoms with van der Waals surface area (Å²) in [7, 11) is 0. The second-order valence-electron chi connectivity index (χ2n) is 9.62. The average Bonchev–Trinajstić information content (AvgIpc) is 3.15. The standard InChI is InChI=1S/C31H23N3/c1-31(2)27-17-24(34-28-9-5-3-7-25(28)26-8-4-6-10-29(26)34)14-13-21(27)11-12-22-15-20(18-32)16-23(19-33)30(22)31/h3-10,13-17H,11-12H2,1-2H3. The summed E-state index contributed by atoms with van der Waals surface area (Å²) < 4.78 is 2.34. The molecule has 0 aliphatic heterocycles. The summed E-state index contributed by atoms with van der Waals surface area (Å²) >= 11 is 0. The van der Waals surface area contributed by atoms with Crippen LogP contribution in [-0.4, -0.2) is 4.57 Å². The molecule has 0 spiro atoms. The molecule has 3 heteroatoms. The van der Waals surface area contributed by atoms with Crippen LogP contribution < -0.4 is 0 Å². The van der Waals surface area contributed by atoms with Crippen molar-refractivity contribution in [2.45, 2.75) is 32.1 Å². The Balaban J connectivity index is 1.63. The number of benzene rings is 4. The fraction of sp³-hybridized carbons (Fsp3) is 0.161. The molecule has 0 saturated carbocycles. The van der Waals surface area contributed by atoms with Gasteiger partial charge in [-0.2, -0.15) is 10.5 Å². The molecule has 1 aromatic heterocycles. The predicted molar refractivity (Wildman–Crippen MR) is 136 cm³/mol. The molecule has 0 amide bonds. The van der Waals surface area contributed by atoms with E-state index in [1.807, 2.05) is 6.07 Å². The van der Waals surface area contributed by atoms with Gasteiger partial charge in [-0.25, -0.2) is 0 Å². The molecule has 5 aromatic rings. The average molecular weight is 438 g/mol. The highest BCUT2D eigenvalue weighted by Crippen LogP contribution is 2.43. The Kier molecular flexibility index (Phi) is 4.38. The van der Waals surface area contributed by atoms with Crippen LogP contribution in [0.4, 0.5) is 0 Å². The van der Waals surface area contributed by atoms with Crippen molar-refractivity contribution in [3.05, 3.63) is 112 Å². The molecule has 0 saturated heterocycles. The molecule has 0 atom stereocenters. The summed E-state index contributed by atoms with van der Waals surface area (Å²) in [6.45, 7) is 4.41. The second kappa shape index (κ2) is 7.34. The summed E-state index contributed by atoms with van der Waals surface area (Å²) in [5.74, 6) is 0. The molecule has 0 fully saturated rings. The molecular formula is C31H23N3. The Bertz CT molecular complexity index is 1650. The molecule has 0 N–H and O–H groups in total. The quantitative estimate of drug-likeness (QED) is 0.285. The summed E-state index contributed by atoms with van der Waals surface area (Å²) in [6, 6.07) is 32.2. The van der Waals surface area contributed by atoms with Gasteiger partial charge in [0.15, 0.2) is 0 Å². The van der Waals surface area contributed by atoms with E-state index in [-0.39, 0.29) is 5.41 Å². The fourth-order valence-corrected chi connectivity index (χ4v) is 5.90. The molecule has 0 bridgehead atoms. The first-order valence-corrected chi connectivity index (χ1v) is 11.6. The molecule has 0 unspecified atom stereocenters. The summed E-state index contributed by atoms with van der Waals surface area (Å²) in [6.07, 6.45) is 1.71. The molecule has 1 aliphatic rings. The third-order valence-corrected chi connectivity index (χ3v) is 7.36. The lowest BCUT2D eigenvalue weighted by molar-refractivity contribution is 0.634. The molecule has 6 rings (SSSR count). The monoisotopic (exact) mass is 437 g/mol. The zero-order valence-corrected chi connectivity index (χ0v) is 19.3. The van der Waals surface area contributed by atoms with E-state index in [1.165, 1.54) is 32.9 Å². The molecular weight excluding hydrogens is 414 g/mol. The number of aromatic nitrogens is 1. The Morgan fingerprint density at radius 2 is 1.38 bits per heavy atom. The topological polar surface area (TPSA) is 52.5 Å². The van der Waals surface area contributed by atoms with Crippen molar-refractivity contribution < 1.29 is 0 Å². The third-order valence-electron chi connectivity index (χ3n) is 7.36. The summed E-state index contributed by atoms with van der Waals surface area (Å²) in [5, 5.41) is 21.9. The Hall–Kier alpha value is -4.34. The van der Waals surface area contributed by atoms with Crippen molar-refractivity contribution in [3.63, 3.8) is 0 Å². The van der Waals surface area contributed by atoms with Gasteiger partial charge < -0.3 is 4.57 Å². The van der Waals surface area contributed by atoms with Crippen molar-refractivity contribution in [1.29, 1.82) is 10.5 Å². The number of rotatable bonds is 1. The van der Waals surface area contributed by atoms with E-state index < -0.39 is 0 Å². The number of nitrogens with zero attached hydrogens (tertiary/aromatic N) is 3. The maximum Gasteiger partial charge on any atom is 0.0995 e. The van der Waals surface area contributed by atoms with Gasteiger partial charge in [0.2, 0.25) is 0 Å². The maximum absolute atomic E-state index is 9.96. The normalized spacial score (nSPS) is 14.1. The third kappa shape index (κ3) is 2.81. The first-order valence-electron chi connectivity index (χ1n) is 11.6. The lowest BCUT2D eigenvalue weighted by atomic mass is 9.73. The van der Waals surface area contributed by atoms with Gasteiger partial charge in [-0.1, -0.05) is 56.3 Å². The molecule has 4 aromatic carbocycles. The van der Waals surface area contributed by atoms with Crippen molar-refractivity contribution >= 4 is 21.8 Å². The molecule has 3 nitrogen and oxygen atoms in total. The molecule has 0 radical (unpaired) electrons. The van der Waals surface area contributed by atoms with Crippen molar-refractivity contribution in [3.8, 4) is 17.8 Å². The number of para-hydroxylation sites is 2. The van der Waals surface area contributed by atoms with Gasteiger partial charge in [0.1, 0.15) is 0 Å². The van der Waals surface area contributed by atoms with Crippen LogP contribution in [0.3, 0.4) is 0 Å². The Morgan fingerprint density at radius 1 is 0.735 bits per heavy atom. The molecule has 162 valence electrons. The van der Waals surface area contributed by atoms with Gasteiger partial charge in [-0.15, -0.1) is 0 Å². The first kappa shape index (κ1) is 20.3. The highest BCUT2D eigenvalue weighted by Gasteiger charge is 2.34. The van der Waals surface area contributed by atoms with Crippen LogP contribution in [-0.2, 0) is 18.3 Å². The molecule has 34 heavy (non-hydrogen) atoms. The first-order chi connectivity index (χ1) is 16.5. The number of hydrogen-bond donors (Lipinski definition) is 0. The summed E-state index contributed by atoms with van der Waals surface area (Å²) in [5.41, 5.74) is 8.99. The SMILES string of the molecule is CC1(C)c2cc(-n3c4ccccc4c4ccccc43)ccc2CCc2cc(C#N)cc(C#N)c21. The fourth-order valence-electron chi connectivity index (χ4n) is 5.90. The van der Waals surface area contributed by atoms with Crippen LogP contribution in [0.5, 0.6) is 0 Å². The highest BCUT2D eigenvalue weighted by atomic mass is 15.0. The predicted octanol–water partition coefficient (Wildman–Crippen LogP) is 6.95. The maximum atomic E-state index is 9.96. The van der Waals surface area contributed by atoms with E-state index in [0.29, 0.717) is 11.1 Å². The van der Waals surface area contributed by atoms with Crippen molar-refractivity contribution in [1.82, 2.24) is 4.57 Å². The van der Waals surface area contributed by atoms with Gasteiger partial charge >= 0.3 is 0 Å².